The maximum absolute atomic E-state index is 12.6. The lowest BCUT2D eigenvalue weighted by molar-refractivity contribution is -0.132. The number of rotatable bonds is 5. The van der Waals surface area contributed by atoms with Crippen molar-refractivity contribution in [3.05, 3.63) is 11.8 Å². The van der Waals surface area contributed by atoms with Crippen molar-refractivity contribution in [2.75, 3.05) is 20.1 Å². The van der Waals surface area contributed by atoms with Crippen LogP contribution in [0.25, 0.3) is 0 Å². The first kappa shape index (κ1) is 16.1. The van der Waals surface area contributed by atoms with Crippen LogP contribution in [0.4, 0.5) is 0 Å². The van der Waals surface area contributed by atoms with E-state index in [2.05, 4.69) is 15.1 Å². The van der Waals surface area contributed by atoms with Gasteiger partial charge in [0.05, 0.1) is 6.54 Å². The minimum absolute atomic E-state index is 0.0105. The number of hydrogen-bond donors (Lipinski definition) is 0. The molecule has 0 N–H and O–H groups in total. The highest BCUT2D eigenvalue weighted by molar-refractivity contribution is 5.98. The van der Waals surface area contributed by atoms with Crippen LogP contribution in [0.15, 0.2) is 4.42 Å². The summed E-state index contributed by atoms with van der Waals surface area (Å²) in [4.78, 5) is 29.0. The van der Waals surface area contributed by atoms with Crippen LogP contribution in [-0.4, -0.2) is 63.9 Å². The maximum atomic E-state index is 12.6. The zero-order valence-corrected chi connectivity index (χ0v) is 13.8. The summed E-state index contributed by atoms with van der Waals surface area (Å²) in [5.41, 5.74) is 0. The number of nitrogens with zero attached hydrogens (tertiary/aromatic N) is 4. The third-order valence-corrected chi connectivity index (χ3v) is 4.95. The Morgan fingerprint density at radius 2 is 1.96 bits per heavy atom. The van der Waals surface area contributed by atoms with E-state index in [1.807, 2.05) is 7.05 Å². The second kappa shape index (κ2) is 6.78. The molecule has 7 nitrogen and oxygen atoms in total. The SMILES string of the molecule is Cc1nnc(C(=O)C2CCCN2C(=O)CN(C)C2CCCC2)o1. The number of ketones is 1. The number of likely N-dealkylation sites (tertiary alicyclic amines) is 1. The summed E-state index contributed by atoms with van der Waals surface area (Å²) < 4.78 is 5.23. The van der Waals surface area contributed by atoms with Crippen molar-refractivity contribution in [1.82, 2.24) is 20.0 Å². The van der Waals surface area contributed by atoms with E-state index in [-0.39, 0.29) is 17.6 Å². The van der Waals surface area contributed by atoms with Crippen LogP contribution in [0, 0.1) is 6.92 Å². The quantitative estimate of drug-likeness (QED) is 0.764. The second-order valence-electron chi connectivity index (χ2n) is 6.59. The zero-order chi connectivity index (χ0) is 16.4. The highest BCUT2D eigenvalue weighted by atomic mass is 16.4. The summed E-state index contributed by atoms with van der Waals surface area (Å²) in [6.45, 7) is 2.65. The molecule has 23 heavy (non-hydrogen) atoms. The minimum atomic E-state index is -0.459. The molecule has 1 atom stereocenters. The molecule has 1 saturated heterocycles. The number of hydrogen-bond acceptors (Lipinski definition) is 6. The Labute approximate surface area is 136 Å². The molecule has 0 spiro atoms. The number of carbonyl (C=O) groups is 2. The first-order chi connectivity index (χ1) is 11.1. The summed E-state index contributed by atoms with van der Waals surface area (Å²) in [6, 6.07) is 0.0358. The molecule has 0 aromatic carbocycles. The number of aryl methyl sites for hydroxylation is 1. The molecule has 0 bridgehead atoms. The number of carbonyl (C=O) groups excluding carboxylic acids is 2. The monoisotopic (exact) mass is 320 g/mol. The third-order valence-electron chi connectivity index (χ3n) is 4.95. The molecule has 1 saturated carbocycles. The van der Waals surface area contributed by atoms with E-state index in [1.165, 1.54) is 12.8 Å². The molecule has 2 aliphatic rings. The molecule has 1 aromatic heterocycles. The normalized spacial score (nSPS) is 22.2. The lowest BCUT2D eigenvalue weighted by Crippen LogP contribution is -2.46. The Kier molecular flexibility index (Phi) is 4.75. The standard InChI is InChI=1S/C16H24N4O3/c1-11-17-18-16(23-11)15(22)13-8-5-9-20(13)14(21)10-19(2)12-6-3-4-7-12/h12-13H,3-10H2,1-2H3. The molecule has 1 aliphatic heterocycles. The summed E-state index contributed by atoms with van der Waals surface area (Å²) >= 11 is 0. The Morgan fingerprint density at radius 1 is 1.22 bits per heavy atom. The van der Waals surface area contributed by atoms with Crippen molar-refractivity contribution < 1.29 is 14.0 Å². The van der Waals surface area contributed by atoms with Gasteiger partial charge in [-0.15, -0.1) is 10.2 Å². The summed E-state index contributed by atoms with van der Waals surface area (Å²) in [5, 5.41) is 7.49. The van der Waals surface area contributed by atoms with Crippen LogP contribution in [0.3, 0.4) is 0 Å². The van der Waals surface area contributed by atoms with Gasteiger partial charge in [0.2, 0.25) is 17.6 Å². The smallest absolute Gasteiger partial charge is 0.286 e. The van der Waals surface area contributed by atoms with Crippen LogP contribution in [0.2, 0.25) is 0 Å². The fraction of sp³-hybridized carbons (Fsp3) is 0.750. The van der Waals surface area contributed by atoms with Crippen LogP contribution in [0.5, 0.6) is 0 Å². The van der Waals surface area contributed by atoms with Gasteiger partial charge in [0.15, 0.2) is 0 Å². The molecule has 2 heterocycles. The van der Waals surface area contributed by atoms with Gasteiger partial charge >= 0.3 is 0 Å². The summed E-state index contributed by atoms with van der Waals surface area (Å²) in [5.74, 6) is 0.160. The molecule has 126 valence electrons. The van der Waals surface area contributed by atoms with Gasteiger partial charge in [0, 0.05) is 19.5 Å². The lowest BCUT2D eigenvalue weighted by atomic mass is 10.1. The van der Waals surface area contributed by atoms with Crippen LogP contribution < -0.4 is 0 Å². The number of Topliss-reactive ketones (excluding diaryl/α,β-unsaturated/α-hetero) is 1. The van der Waals surface area contributed by atoms with Gasteiger partial charge in [-0.05, 0) is 32.7 Å². The van der Waals surface area contributed by atoms with Gasteiger partial charge in [-0.25, -0.2) is 0 Å². The van der Waals surface area contributed by atoms with Gasteiger partial charge in [0.25, 0.3) is 5.89 Å². The predicted octanol–water partition coefficient (Wildman–Crippen LogP) is 1.43. The van der Waals surface area contributed by atoms with Crippen molar-refractivity contribution in [3.63, 3.8) is 0 Å². The van der Waals surface area contributed by atoms with Gasteiger partial charge in [-0.2, -0.15) is 0 Å². The molecule has 1 unspecified atom stereocenters. The average molecular weight is 320 g/mol. The van der Waals surface area contributed by atoms with E-state index in [0.717, 1.165) is 19.3 Å². The maximum Gasteiger partial charge on any atom is 0.286 e. The van der Waals surface area contributed by atoms with E-state index in [1.54, 1.807) is 11.8 Å². The van der Waals surface area contributed by atoms with Gasteiger partial charge < -0.3 is 9.32 Å². The fourth-order valence-electron chi connectivity index (χ4n) is 3.65. The summed E-state index contributed by atoms with van der Waals surface area (Å²) in [7, 11) is 2.00. The Morgan fingerprint density at radius 3 is 2.61 bits per heavy atom. The van der Waals surface area contributed by atoms with Crippen LogP contribution in [-0.2, 0) is 4.79 Å². The fourth-order valence-corrected chi connectivity index (χ4v) is 3.65. The highest BCUT2D eigenvalue weighted by Crippen LogP contribution is 2.24. The van der Waals surface area contributed by atoms with E-state index >= 15 is 0 Å². The second-order valence-corrected chi connectivity index (χ2v) is 6.59. The number of amides is 1. The molecule has 3 rings (SSSR count). The highest BCUT2D eigenvalue weighted by Gasteiger charge is 2.37. The first-order valence-electron chi connectivity index (χ1n) is 8.40. The Hall–Kier alpha value is -1.76. The molecular formula is C16H24N4O3. The Balaban J connectivity index is 1.63. The van der Waals surface area contributed by atoms with E-state index in [9.17, 15) is 9.59 Å². The first-order valence-corrected chi connectivity index (χ1v) is 8.40. The molecule has 1 aliphatic carbocycles. The minimum Gasteiger partial charge on any atom is -0.419 e. The molecule has 7 heteroatoms. The number of likely N-dealkylation sites (N-methyl/N-ethyl adjacent to an activating group) is 1. The van der Waals surface area contributed by atoms with Gasteiger partial charge in [-0.3, -0.25) is 14.5 Å². The lowest BCUT2D eigenvalue weighted by Gasteiger charge is -2.28. The van der Waals surface area contributed by atoms with Crippen molar-refractivity contribution in [2.45, 2.75) is 57.5 Å². The predicted molar refractivity (Wildman–Crippen MR) is 83.0 cm³/mol. The van der Waals surface area contributed by atoms with Gasteiger partial charge in [-0.1, -0.05) is 12.8 Å². The third kappa shape index (κ3) is 3.44. The van der Waals surface area contributed by atoms with Crippen molar-refractivity contribution in [3.8, 4) is 0 Å². The van der Waals surface area contributed by atoms with E-state index in [0.29, 0.717) is 31.4 Å². The Bertz CT molecular complexity index is 580. The topological polar surface area (TPSA) is 79.5 Å². The molecule has 2 fully saturated rings. The molecule has 1 amide bonds. The van der Waals surface area contributed by atoms with E-state index in [4.69, 9.17) is 4.42 Å². The van der Waals surface area contributed by atoms with Crippen molar-refractivity contribution >= 4 is 11.7 Å². The van der Waals surface area contributed by atoms with Crippen LogP contribution in [0.1, 0.15) is 55.1 Å². The molecule has 0 radical (unpaired) electrons. The van der Waals surface area contributed by atoms with Crippen molar-refractivity contribution in [1.29, 1.82) is 0 Å². The zero-order valence-electron chi connectivity index (χ0n) is 13.8. The number of aromatic nitrogens is 2. The average Bonchev–Trinajstić information content (AvgIpc) is 3.27. The van der Waals surface area contributed by atoms with Crippen LogP contribution >= 0.6 is 0 Å². The van der Waals surface area contributed by atoms with E-state index < -0.39 is 6.04 Å². The molecular weight excluding hydrogens is 296 g/mol. The molecule has 1 aromatic rings. The summed E-state index contributed by atoms with van der Waals surface area (Å²) in [6.07, 6.45) is 6.30. The largest absolute Gasteiger partial charge is 0.419 e. The van der Waals surface area contributed by atoms with Gasteiger partial charge in [0.1, 0.15) is 6.04 Å². The van der Waals surface area contributed by atoms with Crippen molar-refractivity contribution in [2.24, 2.45) is 0 Å².